The summed E-state index contributed by atoms with van der Waals surface area (Å²) in [6.07, 6.45) is 0.327. The van der Waals surface area contributed by atoms with E-state index in [2.05, 4.69) is 24.1 Å². The highest BCUT2D eigenvalue weighted by Crippen LogP contribution is 2.28. The summed E-state index contributed by atoms with van der Waals surface area (Å²) in [5, 5.41) is 14.5. The van der Waals surface area contributed by atoms with Crippen LogP contribution in [0, 0.1) is 0 Å². The van der Waals surface area contributed by atoms with Gasteiger partial charge in [-0.15, -0.1) is 0 Å². The summed E-state index contributed by atoms with van der Waals surface area (Å²) < 4.78 is 11.3. The van der Waals surface area contributed by atoms with Gasteiger partial charge >= 0.3 is 0 Å². The minimum absolute atomic E-state index is 0.232. The molecule has 1 atom stereocenters. The molecule has 0 saturated carbocycles. The van der Waals surface area contributed by atoms with Gasteiger partial charge in [0.2, 0.25) is 0 Å². The van der Waals surface area contributed by atoms with Crippen LogP contribution in [0.4, 0.5) is 0 Å². The van der Waals surface area contributed by atoms with E-state index in [0.717, 1.165) is 42.2 Å². The molecule has 5 nitrogen and oxygen atoms in total. The second-order valence-electron chi connectivity index (χ2n) is 6.95. The molecule has 2 rings (SSSR count). The second kappa shape index (κ2) is 12.7. The SMILES string of the molecule is CCN(CC)CC(O)COc1cc(CNCCc2ccccc2Cl)ccc1OC. The van der Waals surface area contributed by atoms with Crippen LogP contribution in [0.2, 0.25) is 5.02 Å². The fourth-order valence-corrected chi connectivity index (χ4v) is 3.35. The number of benzene rings is 2. The first kappa shape index (κ1) is 23.5. The van der Waals surface area contributed by atoms with Crippen LogP contribution in [0.3, 0.4) is 0 Å². The number of hydrogen-bond acceptors (Lipinski definition) is 5. The van der Waals surface area contributed by atoms with Crippen LogP contribution < -0.4 is 14.8 Å². The quantitative estimate of drug-likeness (QED) is 0.483. The van der Waals surface area contributed by atoms with Crippen molar-refractivity contribution < 1.29 is 14.6 Å². The number of likely N-dealkylation sites (N-methyl/N-ethyl adjacent to an activating group) is 1. The van der Waals surface area contributed by atoms with Gasteiger partial charge in [-0.05, 0) is 55.4 Å². The summed E-state index contributed by atoms with van der Waals surface area (Å²) in [6.45, 7) is 8.36. The average Bonchev–Trinajstić information content (AvgIpc) is 2.74. The molecule has 0 aliphatic heterocycles. The Hall–Kier alpha value is -1.79. The van der Waals surface area contributed by atoms with Crippen LogP contribution in [0.1, 0.15) is 25.0 Å². The Morgan fingerprint density at radius 3 is 2.55 bits per heavy atom. The van der Waals surface area contributed by atoms with Gasteiger partial charge in [-0.3, -0.25) is 0 Å². The monoisotopic (exact) mass is 420 g/mol. The molecule has 0 radical (unpaired) electrons. The standard InChI is InChI=1S/C23H33ClN2O3/c1-4-26(5-2)16-20(27)17-29-23-14-18(10-11-22(23)28-3)15-25-13-12-19-8-6-7-9-21(19)24/h6-11,14,20,25,27H,4-5,12-13,15-17H2,1-3H3. The summed E-state index contributed by atoms with van der Waals surface area (Å²) >= 11 is 6.20. The van der Waals surface area contributed by atoms with Crippen LogP contribution in [0.25, 0.3) is 0 Å². The summed E-state index contributed by atoms with van der Waals surface area (Å²) in [5.74, 6) is 1.32. The molecule has 0 spiro atoms. The van der Waals surface area contributed by atoms with Crippen molar-refractivity contribution in [1.29, 1.82) is 0 Å². The van der Waals surface area contributed by atoms with Crippen molar-refractivity contribution in [2.24, 2.45) is 0 Å². The number of nitrogens with one attached hydrogen (secondary N) is 1. The summed E-state index contributed by atoms with van der Waals surface area (Å²) in [4.78, 5) is 2.17. The van der Waals surface area contributed by atoms with E-state index in [1.807, 2.05) is 42.5 Å². The smallest absolute Gasteiger partial charge is 0.161 e. The zero-order valence-corrected chi connectivity index (χ0v) is 18.4. The van der Waals surface area contributed by atoms with Gasteiger partial charge in [-0.2, -0.15) is 0 Å². The molecule has 6 heteroatoms. The Labute approximate surface area is 179 Å². The topological polar surface area (TPSA) is 54.0 Å². The molecule has 0 amide bonds. The van der Waals surface area contributed by atoms with Crippen molar-refractivity contribution in [3.8, 4) is 11.5 Å². The zero-order valence-electron chi connectivity index (χ0n) is 17.7. The molecule has 0 aromatic heterocycles. The third kappa shape index (κ3) is 7.86. The lowest BCUT2D eigenvalue weighted by atomic mass is 10.1. The lowest BCUT2D eigenvalue weighted by molar-refractivity contribution is 0.0705. The van der Waals surface area contributed by atoms with Crippen LogP contribution in [0.5, 0.6) is 11.5 Å². The first-order chi connectivity index (χ1) is 14.1. The Morgan fingerprint density at radius 1 is 1.10 bits per heavy atom. The van der Waals surface area contributed by atoms with Crippen molar-refractivity contribution >= 4 is 11.6 Å². The molecular weight excluding hydrogens is 388 g/mol. The molecule has 0 aliphatic carbocycles. The van der Waals surface area contributed by atoms with Gasteiger partial charge in [-0.1, -0.05) is 49.7 Å². The number of nitrogens with zero attached hydrogens (tertiary/aromatic N) is 1. The molecule has 2 aromatic carbocycles. The molecule has 0 saturated heterocycles. The number of halogens is 1. The molecule has 29 heavy (non-hydrogen) atoms. The lowest BCUT2D eigenvalue weighted by Crippen LogP contribution is -2.35. The van der Waals surface area contributed by atoms with Gasteiger partial charge < -0.3 is 24.8 Å². The van der Waals surface area contributed by atoms with Crippen LogP contribution >= 0.6 is 11.6 Å². The zero-order chi connectivity index (χ0) is 21.1. The van der Waals surface area contributed by atoms with Crippen LogP contribution in [-0.4, -0.2) is 56.0 Å². The van der Waals surface area contributed by atoms with Gasteiger partial charge in [0.15, 0.2) is 11.5 Å². The molecular formula is C23H33ClN2O3. The van der Waals surface area contributed by atoms with E-state index in [1.54, 1.807) is 7.11 Å². The summed E-state index contributed by atoms with van der Waals surface area (Å²) in [7, 11) is 1.62. The number of ether oxygens (including phenoxy) is 2. The van der Waals surface area contributed by atoms with Gasteiger partial charge in [0.25, 0.3) is 0 Å². The lowest BCUT2D eigenvalue weighted by Gasteiger charge is -2.22. The molecule has 0 heterocycles. The van der Waals surface area contributed by atoms with Gasteiger partial charge in [0.05, 0.1) is 7.11 Å². The fraction of sp³-hybridized carbons (Fsp3) is 0.478. The number of methoxy groups -OCH3 is 1. The van der Waals surface area contributed by atoms with E-state index in [4.69, 9.17) is 21.1 Å². The molecule has 0 aliphatic rings. The van der Waals surface area contributed by atoms with E-state index in [-0.39, 0.29) is 6.61 Å². The van der Waals surface area contributed by atoms with Crippen molar-refractivity contribution in [2.75, 3.05) is 39.9 Å². The number of aliphatic hydroxyl groups is 1. The minimum Gasteiger partial charge on any atom is -0.493 e. The molecule has 2 aromatic rings. The van der Waals surface area contributed by atoms with Gasteiger partial charge in [-0.25, -0.2) is 0 Å². The van der Waals surface area contributed by atoms with Crippen LogP contribution in [0.15, 0.2) is 42.5 Å². The first-order valence-electron chi connectivity index (χ1n) is 10.2. The van der Waals surface area contributed by atoms with E-state index in [9.17, 15) is 5.11 Å². The maximum absolute atomic E-state index is 10.2. The average molecular weight is 421 g/mol. The van der Waals surface area contributed by atoms with Crippen LogP contribution in [-0.2, 0) is 13.0 Å². The maximum atomic E-state index is 10.2. The van der Waals surface area contributed by atoms with Crippen molar-refractivity contribution in [3.63, 3.8) is 0 Å². The fourth-order valence-electron chi connectivity index (χ4n) is 3.12. The number of rotatable bonds is 13. The van der Waals surface area contributed by atoms with Gasteiger partial charge in [0.1, 0.15) is 12.7 Å². The van der Waals surface area contributed by atoms with E-state index >= 15 is 0 Å². The number of hydrogen-bond donors (Lipinski definition) is 2. The Kier molecular flexibility index (Phi) is 10.3. The predicted molar refractivity (Wildman–Crippen MR) is 119 cm³/mol. The summed E-state index contributed by atoms with van der Waals surface area (Å²) in [6, 6.07) is 13.8. The Balaban J connectivity index is 1.86. The van der Waals surface area contributed by atoms with Crippen molar-refractivity contribution in [2.45, 2.75) is 32.9 Å². The minimum atomic E-state index is -0.544. The molecule has 160 valence electrons. The Bertz CT molecular complexity index is 738. The molecule has 0 fully saturated rings. The Morgan fingerprint density at radius 2 is 1.86 bits per heavy atom. The van der Waals surface area contributed by atoms with E-state index < -0.39 is 6.10 Å². The normalized spacial score (nSPS) is 12.2. The molecule has 2 N–H and O–H groups in total. The third-order valence-corrected chi connectivity index (χ3v) is 5.25. The second-order valence-corrected chi connectivity index (χ2v) is 7.36. The number of aliphatic hydroxyl groups excluding tert-OH is 1. The van der Waals surface area contributed by atoms with Crippen molar-refractivity contribution in [3.05, 3.63) is 58.6 Å². The first-order valence-corrected chi connectivity index (χ1v) is 10.6. The predicted octanol–water partition coefficient (Wildman–Crippen LogP) is 3.76. The summed E-state index contributed by atoms with van der Waals surface area (Å²) in [5.41, 5.74) is 2.24. The highest BCUT2D eigenvalue weighted by Gasteiger charge is 2.12. The maximum Gasteiger partial charge on any atom is 0.161 e. The molecule has 1 unspecified atom stereocenters. The molecule has 0 bridgehead atoms. The highest BCUT2D eigenvalue weighted by atomic mass is 35.5. The van der Waals surface area contributed by atoms with E-state index in [0.29, 0.717) is 24.6 Å². The highest BCUT2D eigenvalue weighted by molar-refractivity contribution is 6.31. The third-order valence-electron chi connectivity index (χ3n) is 4.88. The van der Waals surface area contributed by atoms with Gasteiger partial charge in [0, 0.05) is 18.1 Å². The van der Waals surface area contributed by atoms with Crippen molar-refractivity contribution in [1.82, 2.24) is 10.2 Å². The largest absolute Gasteiger partial charge is 0.493 e. The van der Waals surface area contributed by atoms with E-state index in [1.165, 1.54) is 0 Å².